The summed E-state index contributed by atoms with van der Waals surface area (Å²) in [5, 5.41) is 0. The first-order chi connectivity index (χ1) is 17.9. The molecule has 203 valence electrons. The fourth-order valence-electron chi connectivity index (χ4n) is 7.16. The molecule has 0 fully saturated rings. The van der Waals surface area contributed by atoms with E-state index in [4.69, 9.17) is 17.0 Å². The normalized spacial score (nSPS) is 19.7. The van der Waals surface area contributed by atoms with Gasteiger partial charge in [0.25, 0.3) is 0 Å². The van der Waals surface area contributed by atoms with Crippen LogP contribution in [0.15, 0.2) is 72.9 Å². The zero-order chi connectivity index (χ0) is 27.9. The summed E-state index contributed by atoms with van der Waals surface area (Å²) in [5.74, 6) is -0.463. The van der Waals surface area contributed by atoms with Crippen molar-refractivity contribution in [2.24, 2.45) is 11.8 Å². The molecule has 0 saturated carbocycles. The number of benzene rings is 2. The van der Waals surface area contributed by atoms with E-state index in [1.807, 2.05) is 12.2 Å². The number of hydrogen-bond acceptors (Lipinski definition) is 0. The Bertz CT molecular complexity index is 1200. The molecule has 2 aromatic carbocycles. The van der Waals surface area contributed by atoms with Gasteiger partial charge in [0.1, 0.15) is 0 Å². The Morgan fingerprint density at radius 2 is 1.16 bits per heavy atom. The molecule has 0 aliphatic heterocycles. The summed E-state index contributed by atoms with van der Waals surface area (Å²) in [6, 6.07) is 13.6. The third kappa shape index (κ3) is 5.13. The summed E-state index contributed by atoms with van der Waals surface area (Å²) in [7, 11) is 17.1. The van der Waals surface area contributed by atoms with Crippen LogP contribution in [0.4, 0.5) is 0 Å². The van der Waals surface area contributed by atoms with Gasteiger partial charge in [0.15, 0.2) is 0 Å². The van der Waals surface area contributed by atoms with E-state index in [1.54, 1.807) is 0 Å². The van der Waals surface area contributed by atoms with E-state index >= 15 is 0 Å². The molecule has 2 aliphatic carbocycles. The first-order valence-corrected chi connectivity index (χ1v) is 30.7. The van der Waals surface area contributed by atoms with Crippen molar-refractivity contribution in [2.75, 3.05) is 0 Å². The Kier molecular flexibility index (Phi) is 9.11. The molecule has 0 spiro atoms. The van der Waals surface area contributed by atoms with E-state index in [1.165, 1.54) is 44.5 Å². The van der Waals surface area contributed by atoms with Crippen molar-refractivity contribution in [2.45, 2.75) is 73.7 Å². The van der Waals surface area contributed by atoms with Crippen LogP contribution in [0.1, 0.15) is 81.2 Å². The van der Waals surface area contributed by atoms with Crippen molar-refractivity contribution in [3.63, 3.8) is 0 Å². The van der Waals surface area contributed by atoms with Gasteiger partial charge in [0.05, 0.1) is 0 Å². The minimum absolute atomic E-state index is 0.156. The molecule has 0 radical (unpaired) electrons. The van der Waals surface area contributed by atoms with Gasteiger partial charge >= 0.3 is 242 Å². The van der Waals surface area contributed by atoms with Crippen molar-refractivity contribution >= 4 is 35.1 Å². The van der Waals surface area contributed by atoms with Crippen molar-refractivity contribution < 1.29 is 15.6 Å². The van der Waals surface area contributed by atoms with E-state index < -0.39 is 21.5 Å². The Morgan fingerprint density at radius 3 is 1.47 bits per heavy atom. The Morgan fingerprint density at radius 1 is 0.763 bits per heavy atom. The number of allylic oxidation sites excluding steroid dienone is 4. The predicted octanol–water partition coefficient (Wildman–Crippen LogP) is 10.8. The molecule has 0 aromatic heterocycles. The fourth-order valence-corrected chi connectivity index (χ4v) is 38.5. The maximum absolute atomic E-state index is 8.53. The summed E-state index contributed by atoms with van der Waals surface area (Å²) in [4.78, 5) is 0. The molecule has 2 atom stereocenters. The zero-order valence-corrected chi connectivity index (χ0v) is 29.3. The van der Waals surface area contributed by atoms with Crippen LogP contribution in [0.2, 0.25) is 13.1 Å². The maximum atomic E-state index is 8.53. The van der Waals surface area contributed by atoms with Crippen LogP contribution in [0.25, 0.3) is 12.2 Å². The fraction of sp³-hybridized carbons (Fsp3) is 0.412. The minimum atomic E-state index is -4.69. The molecule has 0 saturated heterocycles. The molecule has 0 amide bonds. The van der Waals surface area contributed by atoms with E-state index in [-0.39, 0.29) is 7.25 Å². The molecule has 2 unspecified atom stereocenters. The second-order valence-electron chi connectivity index (χ2n) is 12.7. The van der Waals surface area contributed by atoms with Gasteiger partial charge in [0, 0.05) is 0 Å². The van der Waals surface area contributed by atoms with Crippen LogP contribution >= 0.6 is 17.0 Å². The van der Waals surface area contributed by atoms with Gasteiger partial charge in [-0.3, -0.25) is 0 Å². The Hall–Kier alpha value is -0.920. The third-order valence-corrected chi connectivity index (χ3v) is 60.6. The molecule has 4 heteroatoms. The van der Waals surface area contributed by atoms with Crippen LogP contribution in [0, 0.1) is 11.8 Å². The van der Waals surface area contributed by atoms with Gasteiger partial charge in [-0.1, -0.05) is 0 Å². The summed E-state index contributed by atoms with van der Waals surface area (Å²) in [6.07, 6.45) is 12.8. The summed E-state index contributed by atoms with van der Waals surface area (Å²) >= 11 is -4.69. The standard InChI is InChI=1S/2C16H19.C2H7Si.2ClH.Zr/c2*1-4-6-14-7-5-8-15-10-13(9-12(2)3)11-16(14)15;1-3-2;;;/h2*4-5,7-8,10-12H,1,6,9H2,2-3H3;3H,1-2H3;2*1H;/q;;;;;+2/p-2. The van der Waals surface area contributed by atoms with Gasteiger partial charge in [-0.05, 0) is 0 Å². The van der Waals surface area contributed by atoms with E-state index in [0.717, 1.165) is 25.7 Å². The summed E-state index contributed by atoms with van der Waals surface area (Å²) < 4.78 is 0.311. The number of rotatable bonds is 11. The van der Waals surface area contributed by atoms with Crippen molar-refractivity contribution in [3.8, 4) is 0 Å². The molecule has 4 rings (SSSR count). The number of hydrogen-bond donors (Lipinski definition) is 0. The molecule has 0 heterocycles. The van der Waals surface area contributed by atoms with E-state index in [2.05, 4.69) is 102 Å². The van der Waals surface area contributed by atoms with Crippen molar-refractivity contribution in [3.05, 3.63) is 106 Å². The monoisotopic (exact) mass is 641 g/mol. The first-order valence-electron chi connectivity index (χ1n) is 14.4. The second-order valence-corrected chi connectivity index (χ2v) is 55.2. The van der Waals surface area contributed by atoms with Crippen LogP contribution < -0.4 is 0 Å². The second kappa shape index (κ2) is 11.5. The molecular formula is C34H45Cl2SiZr. The molecule has 2 aromatic rings. The van der Waals surface area contributed by atoms with Crippen molar-refractivity contribution in [1.29, 1.82) is 0 Å². The average molecular weight is 644 g/mol. The van der Waals surface area contributed by atoms with Crippen LogP contribution in [0.3, 0.4) is 0 Å². The third-order valence-electron chi connectivity index (χ3n) is 8.71. The Balaban J connectivity index is 2.03. The van der Waals surface area contributed by atoms with Crippen LogP contribution in [0.5, 0.6) is 0 Å². The Labute approximate surface area is 240 Å². The average Bonchev–Trinajstić information content (AvgIpc) is 3.38. The van der Waals surface area contributed by atoms with Crippen LogP contribution in [-0.4, -0.2) is 5.92 Å². The SMILES string of the molecule is C=CCc1cccc2c1C=C(CC(C)C)[CH]2[Zr]([Cl])([Cl])([CH]1C(CC(C)C)=Cc2c(CC=C)cccc21)[SiH](C)C. The van der Waals surface area contributed by atoms with Gasteiger partial charge < -0.3 is 0 Å². The van der Waals surface area contributed by atoms with Gasteiger partial charge in [0.2, 0.25) is 0 Å². The van der Waals surface area contributed by atoms with Crippen molar-refractivity contribution in [1.82, 2.24) is 0 Å². The topological polar surface area (TPSA) is 0 Å². The quantitative estimate of drug-likeness (QED) is 0.169. The molecule has 0 bridgehead atoms. The predicted molar refractivity (Wildman–Crippen MR) is 172 cm³/mol. The van der Waals surface area contributed by atoms with E-state index in [9.17, 15) is 0 Å². The summed E-state index contributed by atoms with van der Waals surface area (Å²) in [5.41, 5.74) is 11.1. The first kappa shape index (κ1) is 30.0. The summed E-state index contributed by atoms with van der Waals surface area (Å²) in [6.45, 7) is 22.3. The van der Waals surface area contributed by atoms with Crippen LogP contribution in [-0.2, 0) is 28.4 Å². The molecule has 2 aliphatic rings. The van der Waals surface area contributed by atoms with Gasteiger partial charge in [-0.2, -0.15) is 0 Å². The molecule has 38 heavy (non-hydrogen) atoms. The van der Waals surface area contributed by atoms with E-state index in [0.29, 0.717) is 11.8 Å². The van der Waals surface area contributed by atoms with Gasteiger partial charge in [-0.15, -0.1) is 0 Å². The molecular weight excluding hydrogens is 599 g/mol. The number of halogens is 2. The zero-order valence-electron chi connectivity index (χ0n) is 24.2. The number of fused-ring (bicyclic) bond motifs is 2. The van der Waals surface area contributed by atoms with Gasteiger partial charge in [-0.25, -0.2) is 0 Å². The molecule has 0 nitrogen and oxygen atoms in total. The molecule has 0 N–H and O–H groups in total.